The van der Waals surface area contributed by atoms with Crippen molar-refractivity contribution >= 4 is 39.0 Å². The maximum absolute atomic E-state index is 12.0. The number of benzene rings is 1. The molecule has 17 heavy (non-hydrogen) atoms. The second-order valence-corrected chi connectivity index (χ2v) is 6.17. The van der Waals surface area contributed by atoms with Crippen molar-refractivity contribution in [3.05, 3.63) is 34.2 Å². The molecule has 0 spiro atoms. The average molecular weight is 269 g/mol. The molecule has 0 N–H and O–H groups in total. The highest BCUT2D eigenvalue weighted by molar-refractivity contribution is 7.21. The fourth-order valence-corrected chi connectivity index (χ4v) is 2.85. The number of fused-ring (bicyclic) bond motifs is 1. The minimum Gasteiger partial charge on any atom is -0.456 e. The summed E-state index contributed by atoms with van der Waals surface area (Å²) in [4.78, 5) is 12.4. The van der Waals surface area contributed by atoms with E-state index in [1.165, 1.54) is 11.3 Å². The Balaban J connectivity index is 2.43. The molecule has 0 unspecified atom stereocenters. The fourth-order valence-electron chi connectivity index (χ4n) is 1.47. The van der Waals surface area contributed by atoms with E-state index in [2.05, 4.69) is 0 Å². The van der Waals surface area contributed by atoms with Gasteiger partial charge in [-0.3, -0.25) is 0 Å². The topological polar surface area (TPSA) is 26.3 Å². The molecule has 0 aliphatic heterocycles. The molecule has 2 aromatic rings. The summed E-state index contributed by atoms with van der Waals surface area (Å²) in [5, 5.41) is 1.39. The van der Waals surface area contributed by atoms with Crippen LogP contribution in [0, 0.1) is 0 Å². The molecular formula is C13H13ClO2S. The highest BCUT2D eigenvalue weighted by Crippen LogP contribution is 2.36. The Morgan fingerprint density at radius 1 is 1.29 bits per heavy atom. The van der Waals surface area contributed by atoms with Gasteiger partial charge in [0.1, 0.15) is 10.5 Å². The molecule has 0 saturated carbocycles. The predicted molar refractivity (Wildman–Crippen MR) is 72.0 cm³/mol. The van der Waals surface area contributed by atoms with Gasteiger partial charge in [0.2, 0.25) is 0 Å². The van der Waals surface area contributed by atoms with Crippen LogP contribution in [-0.4, -0.2) is 11.6 Å². The second-order valence-electron chi connectivity index (χ2n) is 4.74. The molecular weight excluding hydrogens is 256 g/mol. The first-order valence-electron chi connectivity index (χ1n) is 5.29. The van der Waals surface area contributed by atoms with Crippen molar-refractivity contribution in [1.82, 2.24) is 0 Å². The van der Waals surface area contributed by atoms with Gasteiger partial charge in [-0.25, -0.2) is 4.79 Å². The Labute approximate surface area is 109 Å². The molecule has 0 saturated heterocycles. The van der Waals surface area contributed by atoms with Crippen molar-refractivity contribution in [3.63, 3.8) is 0 Å². The fraction of sp³-hybridized carbons (Fsp3) is 0.308. The quantitative estimate of drug-likeness (QED) is 0.712. The van der Waals surface area contributed by atoms with Crippen LogP contribution in [0.1, 0.15) is 30.4 Å². The second kappa shape index (κ2) is 4.31. The van der Waals surface area contributed by atoms with Crippen molar-refractivity contribution in [2.24, 2.45) is 0 Å². The van der Waals surface area contributed by atoms with Gasteiger partial charge in [-0.15, -0.1) is 11.3 Å². The summed E-state index contributed by atoms with van der Waals surface area (Å²) < 4.78 is 6.32. The summed E-state index contributed by atoms with van der Waals surface area (Å²) in [6.45, 7) is 5.52. The number of carbonyl (C=O) groups excluding carboxylic acids is 1. The molecule has 1 aromatic carbocycles. The van der Waals surface area contributed by atoms with Crippen LogP contribution >= 0.6 is 22.9 Å². The summed E-state index contributed by atoms with van der Waals surface area (Å²) in [5.41, 5.74) is -0.503. The summed E-state index contributed by atoms with van der Waals surface area (Å²) >= 11 is 7.56. The maximum atomic E-state index is 12.0. The van der Waals surface area contributed by atoms with E-state index in [0.717, 1.165) is 10.1 Å². The van der Waals surface area contributed by atoms with E-state index in [1.807, 2.05) is 45.0 Å². The zero-order valence-electron chi connectivity index (χ0n) is 9.91. The lowest BCUT2D eigenvalue weighted by molar-refractivity contribution is 0.00755. The Hall–Kier alpha value is -1.06. The molecule has 1 aromatic heterocycles. The first-order valence-corrected chi connectivity index (χ1v) is 6.48. The smallest absolute Gasteiger partial charge is 0.350 e. The Morgan fingerprint density at radius 2 is 1.94 bits per heavy atom. The van der Waals surface area contributed by atoms with Gasteiger partial charge in [0.05, 0.1) is 5.02 Å². The molecule has 0 amide bonds. The molecule has 0 bridgehead atoms. The van der Waals surface area contributed by atoms with Crippen LogP contribution in [0.3, 0.4) is 0 Å². The van der Waals surface area contributed by atoms with Gasteiger partial charge in [0, 0.05) is 10.1 Å². The van der Waals surface area contributed by atoms with Crippen LogP contribution in [0.4, 0.5) is 0 Å². The number of hydrogen-bond acceptors (Lipinski definition) is 3. The first-order chi connectivity index (χ1) is 7.88. The van der Waals surface area contributed by atoms with E-state index in [9.17, 15) is 4.79 Å². The largest absolute Gasteiger partial charge is 0.456 e. The van der Waals surface area contributed by atoms with Crippen LogP contribution in [0.15, 0.2) is 24.3 Å². The summed E-state index contributed by atoms with van der Waals surface area (Å²) in [7, 11) is 0. The van der Waals surface area contributed by atoms with E-state index in [1.54, 1.807) is 0 Å². The zero-order chi connectivity index (χ0) is 12.6. The standard InChI is InChI=1S/C13H13ClO2S/c1-13(2,3)16-12(15)11-10(14)8-6-4-5-7-9(8)17-11/h4-7H,1-3H3. The monoisotopic (exact) mass is 268 g/mol. The summed E-state index contributed by atoms with van der Waals surface area (Å²) in [6.07, 6.45) is 0. The third-order valence-corrected chi connectivity index (χ3v) is 3.77. The molecule has 2 rings (SSSR count). The molecule has 1 heterocycles. The highest BCUT2D eigenvalue weighted by Gasteiger charge is 2.23. The van der Waals surface area contributed by atoms with Gasteiger partial charge >= 0.3 is 5.97 Å². The van der Waals surface area contributed by atoms with Crippen molar-refractivity contribution in [2.75, 3.05) is 0 Å². The number of carbonyl (C=O) groups is 1. The molecule has 0 aliphatic rings. The SMILES string of the molecule is CC(C)(C)OC(=O)c1sc2ccccc2c1Cl. The van der Waals surface area contributed by atoms with Gasteiger partial charge in [0.15, 0.2) is 0 Å². The van der Waals surface area contributed by atoms with Crippen molar-refractivity contribution in [3.8, 4) is 0 Å². The van der Waals surface area contributed by atoms with Crippen molar-refractivity contribution in [2.45, 2.75) is 26.4 Å². The minimum absolute atomic E-state index is 0.358. The van der Waals surface area contributed by atoms with Crippen LogP contribution in [-0.2, 0) is 4.74 Å². The summed E-state index contributed by atoms with van der Waals surface area (Å²) in [6, 6.07) is 7.68. The van der Waals surface area contributed by atoms with Gasteiger partial charge in [0.25, 0.3) is 0 Å². The van der Waals surface area contributed by atoms with E-state index in [0.29, 0.717) is 9.90 Å². The number of thiophene rings is 1. The highest BCUT2D eigenvalue weighted by atomic mass is 35.5. The molecule has 4 heteroatoms. The van der Waals surface area contributed by atoms with Crippen molar-refractivity contribution in [1.29, 1.82) is 0 Å². The van der Waals surface area contributed by atoms with Gasteiger partial charge in [-0.1, -0.05) is 29.8 Å². The normalized spacial score (nSPS) is 11.8. The lowest BCUT2D eigenvalue weighted by Gasteiger charge is -2.18. The van der Waals surface area contributed by atoms with E-state index < -0.39 is 5.60 Å². The third-order valence-electron chi connectivity index (χ3n) is 2.12. The molecule has 0 aliphatic carbocycles. The van der Waals surface area contributed by atoms with Crippen LogP contribution in [0.5, 0.6) is 0 Å². The van der Waals surface area contributed by atoms with Crippen LogP contribution < -0.4 is 0 Å². The average Bonchev–Trinajstić information content (AvgIpc) is 2.55. The Bertz CT molecular complexity index is 566. The first kappa shape index (κ1) is 12.4. The van der Waals surface area contributed by atoms with Gasteiger partial charge in [-0.2, -0.15) is 0 Å². The summed E-state index contributed by atoms with van der Waals surface area (Å²) in [5.74, 6) is -0.358. The lowest BCUT2D eigenvalue weighted by Crippen LogP contribution is -2.23. The third kappa shape index (κ3) is 2.61. The van der Waals surface area contributed by atoms with E-state index >= 15 is 0 Å². The molecule has 0 atom stereocenters. The number of rotatable bonds is 1. The van der Waals surface area contributed by atoms with E-state index in [-0.39, 0.29) is 5.97 Å². The van der Waals surface area contributed by atoms with Crippen LogP contribution in [0.2, 0.25) is 5.02 Å². The number of hydrogen-bond donors (Lipinski definition) is 0. The lowest BCUT2D eigenvalue weighted by atomic mass is 10.2. The molecule has 0 fully saturated rings. The minimum atomic E-state index is -0.503. The molecule has 2 nitrogen and oxygen atoms in total. The van der Waals surface area contributed by atoms with E-state index in [4.69, 9.17) is 16.3 Å². The van der Waals surface area contributed by atoms with Crippen molar-refractivity contribution < 1.29 is 9.53 Å². The predicted octanol–water partition coefficient (Wildman–Crippen LogP) is 4.51. The van der Waals surface area contributed by atoms with Crippen LogP contribution in [0.25, 0.3) is 10.1 Å². The molecule has 90 valence electrons. The number of esters is 1. The maximum Gasteiger partial charge on any atom is 0.350 e. The molecule has 0 radical (unpaired) electrons. The van der Waals surface area contributed by atoms with Gasteiger partial charge < -0.3 is 4.74 Å². The number of halogens is 1. The number of ether oxygens (including phenoxy) is 1. The van der Waals surface area contributed by atoms with Gasteiger partial charge in [-0.05, 0) is 26.8 Å². The Kier molecular flexibility index (Phi) is 3.15. The zero-order valence-corrected chi connectivity index (χ0v) is 11.5. The Morgan fingerprint density at radius 3 is 2.53 bits per heavy atom.